The fraction of sp³-hybridized carbons (Fsp3) is 0.667. The summed E-state index contributed by atoms with van der Waals surface area (Å²) in [6.45, 7) is 19.0. The van der Waals surface area contributed by atoms with Crippen molar-refractivity contribution in [2.45, 2.75) is 115 Å². The lowest BCUT2D eigenvalue weighted by molar-refractivity contribution is -0.140. The molecule has 0 saturated carbocycles. The van der Waals surface area contributed by atoms with Crippen LogP contribution in [0.4, 0.5) is 4.79 Å². The molecule has 0 saturated heterocycles. The van der Waals surface area contributed by atoms with Gasteiger partial charge in [-0.25, -0.2) is 13.2 Å². The van der Waals surface area contributed by atoms with Gasteiger partial charge in [0.05, 0.1) is 24.5 Å². The molecule has 0 heterocycles. The third-order valence-corrected chi connectivity index (χ3v) is 14.6. The highest BCUT2D eigenvalue weighted by molar-refractivity contribution is 7.94. The molecule has 10 heteroatoms. The molecule has 1 aromatic rings. The quantitative estimate of drug-likeness (QED) is 0.157. The first kappa shape index (κ1) is 35.9. The molecular formula is C30H51NO7SSi. The SMILES string of the molecule is COC(=O)CCN(CCCC(/C=C/S(=O)(=O)c1ccccc1)O[Si](C(C)C)(C(C)C)C(C)C)C(=O)OC(C)(C)C. The number of ether oxygens (including phenoxy) is 2. The summed E-state index contributed by atoms with van der Waals surface area (Å²) in [4.78, 5) is 26.4. The van der Waals surface area contributed by atoms with Gasteiger partial charge in [-0.2, -0.15) is 0 Å². The molecule has 8 nitrogen and oxygen atoms in total. The minimum Gasteiger partial charge on any atom is -0.469 e. The third kappa shape index (κ3) is 11.0. The number of hydrogen-bond acceptors (Lipinski definition) is 7. The summed E-state index contributed by atoms with van der Waals surface area (Å²) in [5.41, 5.74) is 0.255. The van der Waals surface area contributed by atoms with E-state index in [1.54, 1.807) is 57.2 Å². The molecule has 0 radical (unpaired) electrons. The Balaban J connectivity index is 3.27. The van der Waals surface area contributed by atoms with E-state index in [1.807, 2.05) is 0 Å². The van der Waals surface area contributed by atoms with Crippen molar-refractivity contribution in [2.75, 3.05) is 20.2 Å². The van der Waals surface area contributed by atoms with Gasteiger partial charge in [0.2, 0.25) is 8.32 Å². The molecule has 0 aromatic heterocycles. The summed E-state index contributed by atoms with van der Waals surface area (Å²) in [5, 5.41) is 1.25. The predicted molar refractivity (Wildman–Crippen MR) is 162 cm³/mol. The first-order valence-electron chi connectivity index (χ1n) is 14.2. The van der Waals surface area contributed by atoms with Crippen LogP contribution >= 0.6 is 0 Å². The molecule has 40 heavy (non-hydrogen) atoms. The predicted octanol–water partition coefficient (Wildman–Crippen LogP) is 7.12. The summed E-state index contributed by atoms with van der Waals surface area (Å²) in [6.07, 6.45) is 1.77. The lowest BCUT2D eigenvalue weighted by atomic mass is 10.2. The van der Waals surface area contributed by atoms with E-state index in [0.717, 1.165) is 0 Å². The van der Waals surface area contributed by atoms with E-state index in [4.69, 9.17) is 13.9 Å². The first-order valence-corrected chi connectivity index (χ1v) is 17.9. The summed E-state index contributed by atoms with van der Waals surface area (Å²) in [5.74, 6) is -0.412. The number of sulfone groups is 1. The van der Waals surface area contributed by atoms with Gasteiger partial charge < -0.3 is 18.8 Å². The number of nitrogens with zero attached hydrogens (tertiary/aromatic N) is 1. The van der Waals surface area contributed by atoms with Gasteiger partial charge in [0, 0.05) is 18.5 Å². The van der Waals surface area contributed by atoms with Crippen LogP contribution in [0.3, 0.4) is 0 Å². The number of methoxy groups -OCH3 is 1. The molecule has 0 bridgehead atoms. The smallest absolute Gasteiger partial charge is 0.410 e. The van der Waals surface area contributed by atoms with Crippen LogP contribution < -0.4 is 0 Å². The largest absolute Gasteiger partial charge is 0.469 e. The van der Waals surface area contributed by atoms with Crippen molar-refractivity contribution in [2.24, 2.45) is 0 Å². The van der Waals surface area contributed by atoms with E-state index in [0.29, 0.717) is 36.0 Å². The Labute approximate surface area is 243 Å². The second kappa shape index (κ2) is 15.7. The number of amides is 1. The van der Waals surface area contributed by atoms with E-state index in [2.05, 4.69) is 41.5 Å². The molecule has 1 unspecified atom stereocenters. The maximum absolute atomic E-state index is 13.0. The number of benzene rings is 1. The first-order chi connectivity index (χ1) is 18.5. The molecule has 0 spiro atoms. The molecule has 0 aliphatic carbocycles. The Morgan fingerprint density at radius 2 is 1.50 bits per heavy atom. The zero-order valence-electron chi connectivity index (χ0n) is 26.1. The van der Waals surface area contributed by atoms with Crippen LogP contribution in [-0.2, 0) is 28.5 Å². The van der Waals surface area contributed by atoms with E-state index in [1.165, 1.54) is 17.4 Å². The standard InChI is InChI=1S/C30H51NO7SSi/c1-23(2)40(24(3)4,25(5)6)38-26(19-22-39(34,35)27-16-12-11-13-17-27)15-14-20-31(21-18-28(32)36-10)29(33)37-30(7,8)9/h11-13,16-17,19,22-26H,14-15,18,20-21H2,1-10H3/b22-19+. The molecule has 0 aliphatic heterocycles. The van der Waals surface area contributed by atoms with Gasteiger partial charge in [0.25, 0.3) is 0 Å². The Morgan fingerprint density at radius 3 is 1.98 bits per heavy atom. The zero-order chi connectivity index (χ0) is 30.7. The van der Waals surface area contributed by atoms with Crippen molar-refractivity contribution in [3.8, 4) is 0 Å². The van der Waals surface area contributed by atoms with Crippen LogP contribution in [0, 0.1) is 0 Å². The molecular weight excluding hydrogens is 546 g/mol. The number of esters is 1. The van der Waals surface area contributed by atoms with Crippen molar-refractivity contribution >= 4 is 30.2 Å². The highest BCUT2D eigenvalue weighted by atomic mass is 32.2. The van der Waals surface area contributed by atoms with E-state index in [9.17, 15) is 18.0 Å². The van der Waals surface area contributed by atoms with Gasteiger partial charge in [0.15, 0.2) is 9.84 Å². The number of hydrogen-bond donors (Lipinski definition) is 0. The lowest BCUT2D eigenvalue weighted by Crippen LogP contribution is -2.50. The van der Waals surface area contributed by atoms with Gasteiger partial charge in [0.1, 0.15) is 5.60 Å². The van der Waals surface area contributed by atoms with Crippen molar-refractivity contribution in [1.82, 2.24) is 4.90 Å². The van der Waals surface area contributed by atoms with Crippen LogP contribution in [0.25, 0.3) is 0 Å². The summed E-state index contributed by atoms with van der Waals surface area (Å²) in [7, 11) is -4.68. The second-order valence-electron chi connectivity index (χ2n) is 12.1. The monoisotopic (exact) mass is 597 g/mol. The Bertz CT molecular complexity index is 1040. The molecule has 0 N–H and O–H groups in total. The summed E-state index contributed by atoms with van der Waals surface area (Å²) >= 11 is 0. The topological polar surface area (TPSA) is 99.2 Å². The van der Waals surface area contributed by atoms with Crippen molar-refractivity contribution < 1.29 is 31.9 Å². The van der Waals surface area contributed by atoms with E-state index >= 15 is 0 Å². The van der Waals surface area contributed by atoms with E-state index < -0.39 is 41.9 Å². The number of carbonyl (C=O) groups is 2. The van der Waals surface area contributed by atoms with Gasteiger partial charge in [-0.15, -0.1) is 0 Å². The van der Waals surface area contributed by atoms with Gasteiger partial charge >= 0.3 is 12.1 Å². The van der Waals surface area contributed by atoms with Crippen LogP contribution in [0.1, 0.15) is 81.6 Å². The summed E-state index contributed by atoms with van der Waals surface area (Å²) in [6, 6.07) is 8.32. The lowest BCUT2D eigenvalue weighted by Gasteiger charge is -2.44. The number of carbonyl (C=O) groups excluding carboxylic acids is 2. The van der Waals surface area contributed by atoms with Crippen molar-refractivity contribution in [1.29, 1.82) is 0 Å². The van der Waals surface area contributed by atoms with E-state index in [-0.39, 0.29) is 17.9 Å². The van der Waals surface area contributed by atoms with Gasteiger partial charge in [-0.05, 0) is 68.4 Å². The maximum atomic E-state index is 13.0. The fourth-order valence-electron chi connectivity index (χ4n) is 5.18. The van der Waals surface area contributed by atoms with Crippen LogP contribution in [0.15, 0.2) is 46.7 Å². The molecule has 228 valence electrons. The Morgan fingerprint density at radius 1 is 0.950 bits per heavy atom. The molecule has 0 aliphatic rings. The third-order valence-electron chi connectivity index (χ3n) is 6.99. The van der Waals surface area contributed by atoms with Crippen LogP contribution in [-0.4, -0.2) is 65.6 Å². The molecule has 1 amide bonds. The van der Waals surface area contributed by atoms with Crippen LogP contribution in [0.2, 0.25) is 16.6 Å². The summed E-state index contributed by atoms with van der Waals surface area (Å²) < 4.78 is 43.4. The van der Waals surface area contributed by atoms with Gasteiger partial charge in [-0.1, -0.05) is 59.7 Å². The van der Waals surface area contributed by atoms with Crippen molar-refractivity contribution in [3.05, 3.63) is 41.8 Å². The average molecular weight is 598 g/mol. The normalized spacial score (nSPS) is 13.7. The number of rotatable bonds is 15. The fourth-order valence-corrected chi connectivity index (χ4v) is 11.8. The minimum atomic E-state index is -3.65. The van der Waals surface area contributed by atoms with Gasteiger partial charge in [-0.3, -0.25) is 4.79 Å². The molecule has 1 aromatic carbocycles. The van der Waals surface area contributed by atoms with Crippen molar-refractivity contribution in [3.63, 3.8) is 0 Å². The second-order valence-corrected chi connectivity index (χ2v) is 19.3. The Hall–Kier alpha value is -2.17. The van der Waals surface area contributed by atoms with Crippen LogP contribution in [0.5, 0.6) is 0 Å². The molecule has 1 rings (SSSR count). The highest BCUT2D eigenvalue weighted by Gasteiger charge is 2.46. The Kier molecular flexibility index (Phi) is 14.1. The maximum Gasteiger partial charge on any atom is 0.410 e. The zero-order valence-corrected chi connectivity index (χ0v) is 27.9. The molecule has 0 fully saturated rings. The average Bonchev–Trinajstić information content (AvgIpc) is 2.85. The minimum absolute atomic E-state index is 0.0506. The highest BCUT2D eigenvalue weighted by Crippen LogP contribution is 2.43. The molecule has 1 atom stereocenters.